The van der Waals surface area contributed by atoms with Crippen LogP contribution < -0.4 is 5.73 Å². The molecule has 0 saturated heterocycles. The molecule has 0 bridgehead atoms. The molecule has 98 valence electrons. The number of aliphatic hydroxyl groups is 1. The summed E-state index contributed by atoms with van der Waals surface area (Å²) in [6, 6.07) is 0. The maximum atomic E-state index is 9.67. The molecule has 0 aliphatic heterocycles. The molecule has 0 aliphatic rings. The molecule has 1 rings (SSSR count). The monoisotopic (exact) mass is 278 g/mol. The maximum Gasteiger partial charge on any atom is 0.181 e. The number of anilines is 1. The molecular formula is C10H18N2O3S2. The molecule has 1 atom stereocenters. The van der Waals surface area contributed by atoms with E-state index in [2.05, 4.69) is 4.98 Å². The SMILES string of the molecule is COCCOCC(O)CSc1sc(N)nc1C. The van der Waals surface area contributed by atoms with Gasteiger partial charge in [-0.2, -0.15) is 0 Å². The second-order valence-electron chi connectivity index (χ2n) is 3.46. The first-order chi connectivity index (χ1) is 8.13. The van der Waals surface area contributed by atoms with Gasteiger partial charge in [-0.3, -0.25) is 0 Å². The first-order valence-corrected chi connectivity index (χ1v) is 7.04. The van der Waals surface area contributed by atoms with Crippen molar-refractivity contribution in [3.8, 4) is 0 Å². The number of thiazole rings is 1. The van der Waals surface area contributed by atoms with E-state index in [1.807, 2.05) is 6.92 Å². The summed E-state index contributed by atoms with van der Waals surface area (Å²) in [6.45, 7) is 3.29. The molecule has 3 N–H and O–H groups in total. The van der Waals surface area contributed by atoms with Crippen LogP contribution in [0.2, 0.25) is 0 Å². The van der Waals surface area contributed by atoms with E-state index in [-0.39, 0.29) is 0 Å². The summed E-state index contributed by atoms with van der Waals surface area (Å²) in [5, 5.41) is 10.2. The third-order valence-electron chi connectivity index (χ3n) is 1.92. The molecule has 0 saturated carbocycles. The molecule has 0 spiro atoms. The normalized spacial score (nSPS) is 12.9. The zero-order valence-corrected chi connectivity index (χ0v) is 11.6. The van der Waals surface area contributed by atoms with E-state index in [0.29, 0.717) is 30.7 Å². The number of aromatic nitrogens is 1. The average Bonchev–Trinajstić information content (AvgIpc) is 2.61. The minimum atomic E-state index is -0.486. The molecule has 5 nitrogen and oxygen atoms in total. The lowest BCUT2D eigenvalue weighted by Gasteiger charge is -2.10. The van der Waals surface area contributed by atoms with Crippen LogP contribution in [-0.2, 0) is 9.47 Å². The Bertz CT molecular complexity index is 333. The number of aliphatic hydroxyl groups excluding tert-OH is 1. The number of nitrogens with two attached hydrogens (primary N) is 1. The summed E-state index contributed by atoms with van der Waals surface area (Å²) in [4.78, 5) is 4.12. The third kappa shape index (κ3) is 5.69. The fourth-order valence-corrected chi connectivity index (χ4v) is 3.07. The molecule has 1 unspecified atom stereocenters. The van der Waals surface area contributed by atoms with Gasteiger partial charge in [-0.05, 0) is 6.92 Å². The standard InChI is InChI=1S/C10H18N2O3S2/c1-7-9(17-10(11)12-7)16-6-8(13)5-15-4-3-14-2/h8,13H,3-6H2,1-2H3,(H2,11,12). The number of hydrogen-bond acceptors (Lipinski definition) is 7. The van der Waals surface area contributed by atoms with Crippen molar-refractivity contribution >= 4 is 28.2 Å². The van der Waals surface area contributed by atoms with Gasteiger partial charge < -0.3 is 20.3 Å². The molecule has 0 radical (unpaired) electrons. The smallest absolute Gasteiger partial charge is 0.181 e. The second kappa shape index (κ2) is 7.88. The minimum Gasteiger partial charge on any atom is -0.390 e. The van der Waals surface area contributed by atoms with Crippen LogP contribution in [0.3, 0.4) is 0 Å². The summed E-state index contributed by atoms with van der Waals surface area (Å²) < 4.78 is 11.1. The number of nitrogen functional groups attached to an aromatic ring is 1. The van der Waals surface area contributed by atoms with Crippen molar-refractivity contribution in [1.82, 2.24) is 4.98 Å². The second-order valence-corrected chi connectivity index (χ2v) is 5.78. The van der Waals surface area contributed by atoms with E-state index < -0.39 is 6.10 Å². The van der Waals surface area contributed by atoms with Crippen molar-refractivity contribution in [1.29, 1.82) is 0 Å². The fraction of sp³-hybridized carbons (Fsp3) is 0.700. The molecule has 17 heavy (non-hydrogen) atoms. The van der Waals surface area contributed by atoms with E-state index in [1.165, 1.54) is 11.3 Å². The van der Waals surface area contributed by atoms with Gasteiger partial charge in [-0.15, -0.1) is 11.8 Å². The topological polar surface area (TPSA) is 77.6 Å². The molecule has 0 aliphatic carbocycles. The number of aryl methyl sites for hydroxylation is 1. The number of thioether (sulfide) groups is 1. The highest BCUT2D eigenvalue weighted by Gasteiger charge is 2.10. The predicted octanol–water partition coefficient (Wildman–Crippen LogP) is 1.15. The molecule has 7 heteroatoms. The number of nitrogens with zero attached hydrogens (tertiary/aromatic N) is 1. The van der Waals surface area contributed by atoms with Gasteiger partial charge in [0, 0.05) is 12.9 Å². The van der Waals surface area contributed by atoms with Crippen molar-refractivity contribution in [2.45, 2.75) is 17.2 Å². The predicted molar refractivity (Wildman–Crippen MR) is 70.7 cm³/mol. The van der Waals surface area contributed by atoms with Gasteiger partial charge in [0.25, 0.3) is 0 Å². The number of hydrogen-bond donors (Lipinski definition) is 2. The van der Waals surface area contributed by atoms with Gasteiger partial charge >= 0.3 is 0 Å². The summed E-state index contributed by atoms with van der Waals surface area (Å²) in [6.07, 6.45) is -0.486. The molecule has 1 heterocycles. The van der Waals surface area contributed by atoms with Crippen LogP contribution in [0.25, 0.3) is 0 Å². The summed E-state index contributed by atoms with van der Waals surface area (Å²) in [7, 11) is 1.62. The van der Waals surface area contributed by atoms with Gasteiger partial charge in [0.1, 0.15) is 0 Å². The molecular weight excluding hydrogens is 260 g/mol. The van der Waals surface area contributed by atoms with Crippen molar-refractivity contribution in [3.05, 3.63) is 5.69 Å². The van der Waals surface area contributed by atoms with E-state index in [0.717, 1.165) is 9.90 Å². The van der Waals surface area contributed by atoms with Crippen LogP contribution in [0.4, 0.5) is 5.13 Å². The van der Waals surface area contributed by atoms with E-state index in [4.69, 9.17) is 15.2 Å². The Morgan fingerprint density at radius 2 is 2.29 bits per heavy atom. The van der Waals surface area contributed by atoms with Crippen LogP contribution in [0.1, 0.15) is 5.69 Å². The largest absolute Gasteiger partial charge is 0.390 e. The summed E-state index contributed by atoms with van der Waals surface area (Å²) in [5.41, 5.74) is 6.51. The lowest BCUT2D eigenvalue weighted by Crippen LogP contribution is -2.19. The fourth-order valence-electron chi connectivity index (χ4n) is 1.12. The third-order valence-corrected chi connectivity index (χ3v) is 4.41. The highest BCUT2D eigenvalue weighted by molar-refractivity contribution is 8.01. The Morgan fingerprint density at radius 1 is 1.53 bits per heavy atom. The van der Waals surface area contributed by atoms with Crippen LogP contribution in [0.5, 0.6) is 0 Å². The first-order valence-electron chi connectivity index (χ1n) is 5.24. The quantitative estimate of drug-likeness (QED) is 0.549. The first kappa shape index (κ1) is 14.7. The van der Waals surface area contributed by atoms with Crippen molar-refractivity contribution < 1.29 is 14.6 Å². The van der Waals surface area contributed by atoms with Gasteiger partial charge in [-0.1, -0.05) is 11.3 Å². The highest BCUT2D eigenvalue weighted by Crippen LogP contribution is 2.30. The lowest BCUT2D eigenvalue weighted by atomic mass is 10.4. The van der Waals surface area contributed by atoms with Crippen LogP contribution in [-0.4, -0.2) is 48.9 Å². The Hall–Kier alpha value is -0.340. The summed E-state index contributed by atoms with van der Waals surface area (Å²) in [5.74, 6) is 0.579. The van der Waals surface area contributed by atoms with Gasteiger partial charge in [0.05, 0.1) is 35.8 Å². The Balaban J connectivity index is 2.19. The minimum absolute atomic E-state index is 0.323. The number of rotatable bonds is 8. The maximum absolute atomic E-state index is 9.67. The zero-order valence-electron chi connectivity index (χ0n) is 10.0. The number of ether oxygens (including phenoxy) is 2. The zero-order chi connectivity index (χ0) is 12.7. The van der Waals surface area contributed by atoms with E-state index in [9.17, 15) is 5.11 Å². The molecule has 0 fully saturated rings. The van der Waals surface area contributed by atoms with Crippen molar-refractivity contribution in [3.63, 3.8) is 0 Å². The Morgan fingerprint density at radius 3 is 2.88 bits per heavy atom. The van der Waals surface area contributed by atoms with Crippen LogP contribution in [0, 0.1) is 6.92 Å². The van der Waals surface area contributed by atoms with Gasteiger partial charge in [-0.25, -0.2) is 4.98 Å². The molecule has 1 aromatic rings. The van der Waals surface area contributed by atoms with Crippen molar-refractivity contribution in [2.75, 3.05) is 38.4 Å². The Kier molecular flexibility index (Phi) is 6.83. The number of methoxy groups -OCH3 is 1. The van der Waals surface area contributed by atoms with Crippen LogP contribution in [0.15, 0.2) is 4.21 Å². The van der Waals surface area contributed by atoms with Crippen molar-refractivity contribution in [2.24, 2.45) is 0 Å². The Labute approximate surface area is 109 Å². The van der Waals surface area contributed by atoms with E-state index >= 15 is 0 Å². The molecule has 1 aromatic heterocycles. The van der Waals surface area contributed by atoms with Gasteiger partial charge in [0.2, 0.25) is 0 Å². The molecule has 0 amide bonds. The highest BCUT2D eigenvalue weighted by atomic mass is 32.2. The average molecular weight is 278 g/mol. The lowest BCUT2D eigenvalue weighted by molar-refractivity contribution is 0.0218. The van der Waals surface area contributed by atoms with E-state index in [1.54, 1.807) is 18.9 Å². The summed E-state index contributed by atoms with van der Waals surface area (Å²) >= 11 is 3.00. The van der Waals surface area contributed by atoms with Crippen LogP contribution >= 0.6 is 23.1 Å². The van der Waals surface area contributed by atoms with Gasteiger partial charge in [0.15, 0.2) is 5.13 Å². The molecule has 0 aromatic carbocycles.